The van der Waals surface area contributed by atoms with Crippen LogP contribution in [0, 0.1) is 6.92 Å². The van der Waals surface area contributed by atoms with Crippen LogP contribution in [0.15, 0.2) is 29.4 Å². The van der Waals surface area contributed by atoms with E-state index >= 15 is 0 Å². The fourth-order valence-electron chi connectivity index (χ4n) is 3.02. The molecule has 0 aliphatic carbocycles. The van der Waals surface area contributed by atoms with E-state index in [0.717, 1.165) is 16.9 Å². The minimum atomic E-state index is -0.663. The highest BCUT2D eigenvalue weighted by molar-refractivity contribution is 7.98. The number of hydrogen-bond acceptors (Lipinski definition) is 9. The van der Waals surface area contributed by atoms with Crippen molar-refractivity contribution in [2.75, 3.05) is 11.1 Å². The van der Waals surface area contributed by atoms with E-state index in [1.54, 1.807) is 25.3 Å². The van der Waals surface area contributed by atoms with Gasteiger partial charge in [-0.15, -0.1) is 10.2 Å². The Morgan fingerprint density at radius 1 is 1.30 bits per heavy atom. The molecule has 9 nitrogen and oxygen atoms in total. The summed E-state index contributed by atoms with van der Waals surface area (Å²) in [7, 11) is 0. The first-order valence-electron chi connectivity index (χ1n) is 10.3. The molecule has 0 bridgehead atoms. The van der Waals surface area contributed by atoms with Crippen molar-refractivity contribution in [2.45, 2.75) is 57.2 Å². The van der Waals surface area contributed by atoms with Gasteiger partial charge in [-0.3, -0.25) is 9.36 Å². The highest BCUT2D eigenvalue weighted by Gasteiger charge is 2.27. The number of ether oxygens (including phenoxy) is 1. The Morgan fingerprint density at radius 3 is 2.70 bits per heavy atom. The van der Waals surface area contributed by atoms with Crippen LogP contribution in [0.5, 0.6) is 0 Å². The lowest BCUT2D eigenvalue weighted by Gasteiger charge is -2.18. The maximum atomic E-state index is 13.1. The number of carbonyl (C=O) groups excluding carboxylic acids is 2. The Balaban J connectivity index is 1.77. The molecule has 12 heteroatoms. The smallest absolute Gasteiger partial charge is 0.350 e. The molecule has 2 heterocycles. The first kappa shape index (κ1) is 25.0. The Hall–Kier alpha value is -2.63. The molecular formula is C21H25ClN6O3S2. The van der Waals surface area contributed by atoms with Crippen LogP contribution in [0.3, 0.4) is 0 Å². The van der Waals surface area contributed by atoms with Gasteiger partial charge >= 0.3 is 5.97 Å². The largest absolute Gasteiger partial charge is 0.459 e. The molecular weight excluding hydrogens is 484 g/mol. The third-order valence-corrected chi connectivity index (χ3v) is 6.97. The van der Waals surface area contributed by atoms with E-state index in [-0.39, 0.29) is 18.0 Å². The summed E-state index contributed by atoms with van der Waals surface area (Å²) in [5.41, 5.74) is 7.49. The predicted molar refractivity (Wildman–Crippen MR) is 131 cm³/mol. The molecule has 1 atom stereocenters. The molecule has 3 rings (SSSR count). The van der Waals surface area contributed by atoms with Gasteiger partial charge in [0.25, 0.3) is 0 Å². The highest BCUT2D eigenvalue weighted by atomic mass is 35.5. The second-order valence-corrected chi connectivity index (χ2v) is 9.74. The minimum absolute atomic E-state index is 0.134. The molecule has 3 aromatic rings. The van der Waals surface area contributed by atoms with Crippen molar-refractivity contribution < 1.29 is 14.3 Å². The number of amides is 1. The summed E-state index contributed by atoms with van der Waals surface area (Å²) in [5.74, 6) is -0.117. The van der Waals surface area contributed by atoms with Crippen molar-refractivity contribution in [3.63, 3.8) is 0 Å². The summed E-state index contributed by atoms with van der Waals surface area (Å²) in [6, 6.07) is 6.85. The third kappa shape index (κ3) is 6.04. The van der Waals surface area contributed by atoms with Gasteiger partial charge in [-0.1, -0.05) is 59.8 Å². The van der Waals surface area contributed by atoms with Gasteiger partial charge in [-0.2, -0.15) is 0 Å². The van der Waals surface area contributed by atoms with Gasteiger partial charge < -0.3 is 15.8 Å². The average molecular weight is 509 g/mol. The van der Waals surface area contributed by atoms with Crippen LogP contribution in [0.1, 0.15) is 54.2 Å². The number of anilines is 2. The number of hydrogen-bond donors (Lipinski definition) is 2. The van der Waals surface area contributed by atoms with Crippen molar-refractivity contribution >= 4 is 57.7 Å². The molecule has 0 saturated carbocycles. The van der Waals surface area contributed by atoms with Crippen LogP contribution in [-0.2, 0) is 15.3 Å². The first-order chi connectivity index (χ1) is 15.7. The van der Waals surface area contributed by atoms with Crippen molar-refractivity contribution in [2.24, 2.45) is 0 Å². The van der Waals surface area contributed by atoms with Gasteiger partial charge in [-0.25, -0.2) is 9.78 Å². The van der Waals surface area contributed by atoms with E-state index in [4.69, 9.17) is 22.1 Å². The van der Waals surface area contributed by atoms with Crippen LogP contribution in [0.25, 0.3) is 0 Å². The lowest BCUT2D eigenvalue weighted by molar-refractivity contribution is -0.119. The normalized spacial score (nSPS) is 12.1. The Kier molecular flexibility index (Phi) is 8.33. The summed E-state index contributed by atoms with van der Waals surface area (Å²) in [4.78, 5) is 30.0. The summed E-state index contributed by atoms with van der Waals surface area (Å²) in [6.45, 7) is 7.10. The molecule has 1 aromatic carbocycles. The van der Waals surface area contributed by atoms with Gasteiger partial charge in [0, 0.05) is 10.8 Å². The minimum Gasteiger partial charge on any atom is -0.459 e. The Morgan fingerprint density at radius 2 is 2.03 bits per heavy atom. The SMILES string of the molecule is CCC(C(=O)Nc1nc(C)c(C(=O)OC(C)C)s1)n1c(N)nnc1SCc1ccccc1Cl. The van der Waals surface area contributed by atoms with Gasteiger partial charge in [-0.05, 0) is 38.8 Å². The van der Waals surface area contributed by atoms with Gasteiger partial charge in [0.05, 0.1) is 11.8 Å². The monoisotopic (exact) mass is 508 g/mol. The molecule has 2 aromatic heterocycles. The van der Waals surface area contributed by atoms with E-state index in [9.17, 15) is 9.59 Å². The Labute approximate surface area is 205 Å². The van der Waals surface area contributed by atoms with Gasteiger partial charge in [0.1, 0.15) is 10.9 Å². The van der Waals surface area contributed by atoms with Crippen LogP contribution < -0.4 is 11.1 Å². The number of esters is 1. The molecule has 0 aliphatic heterocycles. The maximum absolute atomic E-state index is 13.1. The summed E-state index contributed by atoms with van der Waals surface area (Å²) in [6.07, 6.45) is 0.195. The molecule has 176 valence electrons. The summed E-state index contributed by atoms with van der Waals surface area (Å²) in [5, 5.41) is 12.4. The highest BCUT2D eigenvalue weighted by Crippen LogP contribution is 2.31. The number of thiazole rings is 1. The number of nitrogens with zero attached hydrogens (tertiary/aromatic N) is 4. The average Bonchev–Trinajstić information content (AvgIpc) is 3.30. The number of nitrogens with one attached hydrogen (secondary N) is 1. The second-order valence-electron chi connectivity index (χ2n) is 7.39. The number of halogens is 1. The molecule has 3 N–H and O–H groups in total. The topological polar surface area (TPSA) is 125 Å². The van der Waals surface area contributed by atoms with Crippen molar-refractivity contribution in [3.05, 3.63) is 45.4 Å². The van der Waals surface area contributed by atoms with Crippen LogP contribution in [-0.4, -0.2) is 37.7 Å². The quantitative estimate of drug-likeness (QED) is 0.314. The number of nitrogens with two attached hydrogens (primary N) is 1. The zero-order valence-corrected chi connectivity index (χ0v) is 21.1. The van der Waals surface area contributed by atoms with E-state index in [2.05, 4.69) is 20.5 Å². The predicted octanol–water partition coefficient (Wildman–Crippen LogP) is 4.73. The first-order valence-corrected chi connectivity index (χ1v) is 12.4. The molecule has 33 heavy (non-hydrogen) atoms. The van der Waals surface area contributed by atoms with Gasteiger partial charge in [0.2, 0.25) is 11.9 Å². The summed E-state index contributed by atoms with van der Waals surface area (Å²) >= 11 is 8.71. The zero-order valence-electron chi connectivity index (χ0n) is 18.7. The standard InChI is InChI=1S/C21H25ClN6O3S2/c1-5-15(17(29)25-20-24-12(4)16(33-20)18(30)31-11(2)3)28-19(23)26-27-21(28)32-10-13-8-6-7-9-14(13)22/h6-9,11,15H,5,10H2,1-4H3,(H2,23,26)(H,24,25,29). The van der Waals surface area contributed by atoms with Crippen LogP contribution in [0.4, 0.5) is 11.1 Å². The number of aromatic nitrogens is 4. The van der Waals surface area contributed by atoms with Crippen molar-refractivity contribution in [1.29, 1.82) is 0 Å². The van der Waals surface area contributed by atoms with Crippen LogP contribution >= 0.6 is 34.7 Å². The lowest BCUT2D eigenvalue weighted by atomic mass is 10.2. The molecule has 0 saturated heterocycles. The molecule has 0 spiro atoms. The number of benzene rings is 1. The fraction of sp³-hybridized carbons (Fsp3) is 0.381. The van der Waals surface area contributed by atoms with E-state index in [1.165, 1.54) is 11.8 Å². The fourth-order valence-corrected chi connectivity index (χ4v) is 5.15. The lowest BCUT2D eigenvalue weighted by Crippen LogP contribution is -2.27. The summed E-state index contributed by atoms with van der Waals surface area (Å²) < 4.78 is 6.84. The molecule has 1 amide bonds. The Bertz CT molecular complexity index is 1150. The van der Waals surface area contributed by atoms with Crippen molar-refractivity contribution in [3.8, 4) is 0 Å². The number of aryl methyl sites for hydroxylation is 1. The number of carbonyl (C=O) groups is 2. The molecule has 1 unspecified atom stereocenters. The van der Waals surface area contributed by atoms with Crippen molar-refractivity contribution in [1.82, 2.24) is 19.7 Å². The number of thioether (sulfide) groups is 1. The van der Waals surface area contributed by atoms with Gasteiger partial charge in [0.15, 0.2) is 10.3 Å². The molecule has 0 aliphatic rings. The number of nitrogen functional groups attached to an aromatic ring is 1. The zero-order chi connectivity index (χ0) is 24.1. The maximum Gasteiger partial charge on any atom is 0.350 e. The molecule has 0 radical (unpaired) electrons. The second kappa shape index (κ2) is 11.0. The molecule has 0 fully saturated rings. The van der Waals surface area contributed by atoms with E-state index in [0.29, 0.717) is 38.1 Å². The van der Waals surface area contributed by atoms with Crippen LogP contribution in [0.2, 0.25) is 5.02 Å². The van der Waals surface area contributed by atoms with E-state index in [1.807, 2.05) is 31.2 Å². The van der Waals surface area contributed by atoms with E-state index < -0.39 is 12.0 Å². The number of rotatable bonds is 9. The third-order valence-electron chi connectivity index (χ3n) is 4.56.